The molecule has 0 radical (unpaired) electrons. The summed E-state index contributed by atoms with van der Waals surface area (Å²) in [5.41, 5.74) is 1.19. The summed E-state index contributed by atoms with van der Waals surface area (Å²) in [6.07, 6.45) is 0.920. The van der Waals surface area contributed by atoms with Crippen molar-refractivity contribution in [3.8, 4) is 0 Å². The Labute approximate surface area is 112 Å². The minimum absolute atomic E-state index is 0.0232. The molecule has 1 heterocycles. The van der Waals surface area contributed by atoms with Crippen LogP contribution in [0.1, 0.15) is 40.9 Å². The fourth-order valence-corrected chi connectivity index (χ4v) is 2.63. The third-order valence-electron chi connectivity index (χ3n) is 2.48. The van der Waals surface area contributed by atoms with E-state index >= 15 is 0 Å². The van der Waals surface area contributed by atoms with Crippen molar-refractivity contribution in [2.45, 2.75) is 40.2 Å². The van der Waals surface area contributed by atoms with Gasteiger partial charge in [-0.05, 0) is 38.8 Å². The van der Waals surface area contributed by atoms with Gasteiger partial charge < -0.3 is 10.6 Å². The third kappa shape index (κ3) is 4.14. The zero-order valence-electron chi connectivity index (χ0n) is 11.3. The third-order valence-corrected chi connectivity index (χ3v) is 3.58. The van der Waals surface area contributed by atoms with Crippen LogP contribution in [0.2, 0.25) is 0 Å². The number of carbonyl (C=O) groups excluding carboxylic acids is 2. The molecule has 0 unspecified atom stereocenters. The number of hydrogen-bond acceptors (Lipinski definition) is 3. The monoisotopic (exact) mass is 268 g/mol. The number of aryl methyl sites for hydroxylation is 2. The van der Waals surface area contributed by atoms with Crippen LogP contribution < -0.4 is 10.6 Å². The molecule has 0 aliphatic carbocycles. The lowest BCUT2D eigenvalue weighted by molar-refractivity contribution is -0.120. The number of thiophene rings is 1. The van der Waals surface area contributed by atoms with Gasteiger partial charge in [0.25, 0.3) is 5.91 Å². The zero-order chi connectivity index (χ0) is 13.7. The minimum atomic E-state index is -0.179. The van der Waals surface area contributed by atoms with E-state index in [4.69, 9.17) is 0 Å². The predicted octanol–water partition coefficient (Wildman–Crippen LogP) is 1.87. The summed E-state index contributed by atoms with van der Waals surface area (Å²) in [7, 11) is 0. The SMILES string of the molecule is CCc1cc(C(=O)NCC(=O)NC(C)C)sc1C. The van der Waals surface area contributed by atoms with Crippen molar-refractivity contribution >= 4 is 23.2 Å². The van der Waals surface area contributed by atoms with Crippen LogP contribution in [0.3, 0.4) is 0 Å². The molecule has 18 heavy (non-hydrogen) atoms. The second-order valence-electron chi connectivity index (χ2n) is 4.45. The summed E-state index contributed by atoms with van der Waals surface area (Å²) in [5, 5.41) is 5.36. The smallest absolute Gasteiger partial charge is 0.261 e. The van der Waals surface area contributed by atoms with Crippen LogP contribution in [-0.4, -0.2) is 24.4 Å². The standard InChI is InChI=1S/C13H20N2O2S/c1-5-10-6-11(18-9(10)4)13(17)14-7-12(16)15-8(2)3/h6,8H,5,7H2,1-4H3,(H,14,17)(H,15,16). The molecule has 2 amide bonds. The van der Waals surface area contributed by atoms with Crippen molar-refractivity contribution < 1.29 is 9.59 Å². The highest BCUT2D eigenvalue weighted by Gasteiger charge is 2.12. The van der Waals surface area contributed by atoms with Crippen molar-refractivity contribution in [2.24, 2.45) is 0 Å². The molecular formula is C13H20N2O2S. The average Bonchev–Trinajstić information content (AvgIpc) is 2.66. The summed E-state index contributed by atoms with van der Waals surface area (Å²) in [6, 6.07) is 1.99. The van der Waals surface area contributed by atoms with Crippen LogP contribution in [0.25, 0.3) is 0 Å². The molecule has 0 fully saturated rings. The Morgan fingerprint density at radius 2 is 2.06 bits per heavy atom. The molecule has 0 aliphatic rings. The van der Waals surface area contributed by atoms with Crippen molar-refractivity contribution in [3.05, 3.63) is 21.4 Å². The van der Waals surface area contributed by atoms with E-state index in [9.17, 15) is 9.59 Å². The van der Waals surface area contributed by atoms with Gasteiger partial charge in [-0.25, -0.2) is 0 Å². The lowest BCUT2D eigenvalue weighted by atomic mass is 10.2. The fraction of sp³-hybridized carbons (Fsp3) is 0.538. The molecule has 1 aromatic rings. The minimum Gasteiger partial charge on any atom is -0.352 e. The summed E-state index contributed by atoms with van der Waals surface area (Å²) < 4.78 is 0. The highest BCUT2D eigenvalue weighted by molar-refractivity contribution is 7.14. The maximum Gasteiger partial charge on any atom is 0.261 e. The molecular weight excluding hydrogens is 248 g/mol. The molecule has 100 valence electrons. The highest BCUT2D eigenvalue weighted by atomic mass is 32.1. The van der Waals surface area contributed by atoms with E-state index in [0.717, 1.165) is 11.3 Å². The summed E-state index contributed by atoms with van der Waals surface area (Å²) in [4.78, 5) is 25.1. The van der Waals surface area contributed by atoms with Gasteiger partial charge in [-0.3, -0.25) is 9.59 Å². The summed E-state index contributed by atoms with van der Waals surface area (Å²) >= 11 is 1.47. The Hall–Kier alpha value is -1.36. The largest absolute Gasteiger partial charge is 0.352 e. The molecule has 4 nitrogen and oxygen atoms in total. The second-order valence-corrected chi connectivity index (χ2v) is 5.71. The Bertz CT molecular complexity index is 438. The van der Waals surface area contributed by atoms with Crippen molar-refractivity contribution in [1.82, 2.24) is 10.6 Å². The molecule has 0 saturated heterocycles. The van der Waals surface area contributed by atoms with Gasteiger partial charge in [-0.2, -0.15) is 0 Å². The van der Waals surface area contributed by atoms with E-state index in [0.29, 0.717) is 4.88 Å². The van der Waals surface area contributed by atoms with Crippen molar-refractivity contribution in [2.75, 3.05) is 6.54 Å². The number of nitrogens with one attached hydrogen (secondary N) is 2. The van der Waals surface area contributed by atoms with Crippen LogP contribution in [0.4, 0.5) is 0 Å². The van der Waals surface area contributed by atoms with Gasteiger partial charge in [0, 0.05) is 10.9 Å². The lowest BCUT2D eigenvalue weighted by Gasteiger charge is -2.08. The Kier molecular flexibility index (Phi) is 5.34. The van der Waals surface area contributed by atoms with E-state index in [1.165, 1.54) is 16.9 Å². The van der Waals surface area contributed by atoms with Crippen LogP contribution >= 0.6 is 11.3 Å². The Balaban J connectivity index is 2.52. The maximum absolute atomic E-state index is 11.8. The first-order chi connectivity index (χ1) is 8.43. The van der Waals surface area contributed by atoms with Gasteiger partial charge in [0.15, 0.2) is 0 Å². The average molecular weight is 268 g/mol. The summed E-state index contributed by atoms with van der Waals surface area (Å²) in [5.74, 6) is -0.343. The quantitative estimate of drug-likeness (QED) is 0.856. The second kappa shape index (κ2) is 6.54. The zero-order valence-corrected chi connectivity index (χ0v) is 12.1. The van der Waals surface area contributed by atoms with E-state index in [-0.39, 0.29) is 24.4 Å². The van der Waals surface area contributed by atoms with Crippen molar-refractivity contribution in [3.63, 3.8) is 0 Å². The number of amides is 2. The van der Waals surface area contributed by atoms with E-state index < -0.39 is 0 Å². The van der Waals surface area contributed by atoms with Crippen molar-refractivity contribution in [1.29, 1.82) is 0 Å². The number of carbonyl (C=O) groups is 2. The predicted molar refractivity (Wildman–Crippen MR) is 74.0 cm³/mol. The first kappa shape index (κ1) is 14.7. The molecule has 2 N–H and O–H groups in total. The lowest BCUT2D eigenvalue weighted by Crippen LogP contribution is -2.39. The van der Waals surface area contributed by atoms with Gasteiger partial charge >= 0.3 is 0 Å². The van der Waals surface area contributed by atoms with Crippen LogP contribution in [0.5, 0.6) is 0 Å². The van der Waals surface area contributed by atoms with Crippen LogP contribution in [-0.2, 0) is 11.2 Å². The molecule has 0 saturated carbocycles. The van der Waals surface area contributed by atoms with E-state index in [1.54, 1.807) is 0 Å². The fourth-order valence-electron chi connectivity index (χ4n) is 1.60. The molecule has 1 rings (SSSR count). The molecule has 0 aromatic carbocycles. The molecule has 0 aliphatic heterocycles. The summed E-state index contributed by atoms with van der Waals surface area (Å²) in [6.45, 7) is 7.86. The highest BCUT2D eigenvalue weighted by Crippen LogP contribution is 2.21. The number of hydrogen-bond donors (Lipinski definition) is 2. The number of rotatable bonds is 5. The van der Waals surface area contributed by atoms with Gasteiger partial charge in [-0.15, -0.1) is 11.3 Å². The first-order valence-electron chi connectivity index (χ1n) is 6.10. The molecule has 0 atom stereocenters. The molecule has 1 aromatic heterocycles. The molecule has 5 heteroatoms. The van der Waals surface area contributed by atoms with Gasteiger partial charge in [-0.1, -0.05) is 6.92 Å². The van der Waals surface area contributed by atoms with Crippen LogP contribution in [0.15, 0.2) is 6.07 Å². The topological polar surface area (TPSA) is 58.2 Å². The normalized spacial score (nSPS) is 10.5. The first-order valence-corrected chi connectivity index (χ1v) is 6.92. The Morgan fingerprint density at radius 3 is 2.56 bits per heavy atom. The molecule has 0 bridgehead atoms. The van der Waals surface area contributed by atoms with E-state index in [1.807, 2.05) is 26.8 Å². The Morgan fingerprint density at radius 1 is 1.39 bits per heavy atom. The van der Waals surface area contributed by atoms with Gasteiger partial charge in [0.05, 0.1) is 11.4 Å². The molecule has 0 spiro atoms. The maximum atomic E-state index is 11.8. The van der Waals surface area contributed by atoms with Gasteiger partial charge in [0.1, 0.15) is 0 Å². The van der Waals surface area contributed by atoms with Crippen LogP contribution in [0, 0.1) is 6.92 Å². The van der Waals surface area contributed by atoms with E-state index in [2.05, 4.69) is 17.6 Å². The van der Waals surface area contributed by atoms with Gasteiger partial charge in [0.2, 0.25) is 5.91 Å².